The Labute approximate surface area is 130 Å². The van der Waals surface area contributed by atoms with Crippen molar-refractivity contribution in [2.45, 2.75) is 59.4 Å². The van der Waals surface area contributed by atoms with E-state index in [2.05, 4.69) is 43.1 Å². The Balaban J connectivity index is 2.04. The summed E-state index contributed by atoms with van der Waals surface area (Å²) >= 11 is 0. The number of hydrogen-bond acceptors (Lipinski definition) is 3. The lowest BCUT2D eigenvalue weighted by Gasteiger charge is -2.23. The van der Waals surface area contributed by atoms with Crippen molar-refractivity contribution in [2.75, 3.05) is 24.5 Å². The zero-order valence-electron chi connectivity index (χ0n) is 14.0. The van der Waals surface area contributed by atoms with Crippen molar-refractivity contribution < 1.29 is 0 Å². The third kappa shape index (κ3) is 4.99. The van der Waals surface area contributed by atoms with Gasteiger partial charge in [-0.05, 0) is 56.3 Å². The van der Waals surface area contributed by atoms with Crippen molar-refractivity contribution in [3.05, 3.63) is 23.4 Å². The Bertz CT molecular complexity index is 430. The van der Waals surface area contributed by atoms with Gasteiger partial charge < -0.3 is 10.2 Å². The maximum Gasteiger partial charge on any atom is 0.129 e. The molecule has 1 aromatic heterocycles. The molecule has 1 aromatic rings. The van der Waals surface area contributed by atoms with Crippen molar-refractivity contribution in [2.24, 2.45) is 5.92 Å². The van der Waals surface area contributed by atoms with Gasteiger partial charge in [0, 0.05) is 25.3 Å². The van der Waals surface area contributed by atoms with Gasteiger partial charge >= 0.3 is 0 Å². The van der Waals surface area contributed by atoms with E-state index in [0.29, 0.717) is 0 Å². The molecule has 1 fully saturated rings. The summed E-state index contributed by atoms with van der Waals surface area (Å²) in [6.07, 6.45) is 6.73. The van der Waals surface area contributed by atoms with E-state index in [9.17, 15) is 0 Å². The van der Waals surface area contributed by atoms with Crippen LogP contribution in [-0.2, 0) is 6.54 Å². The number of nitrogens with zero attached hydrogens (tertiary/aromatic N) is 2. The van der Waals surface area contributed by atoms with Crippen LogP contribution in [0.3, 0.4) is 0 Å². The number of aryl methyl sites for hydroxylation is 1. The third-order valence-electron chi connectivity index (χ3n) is 4.45. The number of anilines is 1. The molecule has 3 nitrogen and oxygen atoms in total. The van der Waals surface area contributed by atoms with Crippen molar-refractivity contribution in [1.82, 2.24) is 10.3 Å². The van der Waals surface area contributed by atoms with Crippen LogP contribution in [0.1, 0.15) is 57.2 Å². The number of pyridine rings is 1. The normalized spacial score (nSPS) is 19.6. The molecule has 3 heteroatoms. The molecule has 1 unspecified atom stereocenters. The highest BCUT2D eigenvalue weighted by Crippen LogP contribution is 2.25. The summed E-state index contributed by atoms with van der Waals surface area (Å²) in [5.74, 6) is 2.10. The van der Waals surface area contributed by atoms with Gasteiger partial charge in [-0.1, -0.05) is 26.7 Å². The van der Waals surface area contributed by atoms with E-state index in [1.165, 1.54) is 50.0 Å². The fraction of sp³-hybridized carbons (Fsp3) is 0.722. The summed E-state index contributed by atoms with van der Waals surface area (Å²) in [5.41, 5.74) is 2.49. The minimum atomic E-state index is 0.922. The SMILES string of the molecule is CCCC1CCCN(c2cc(CNCC)cc(C)n2)CC1. The largest absolute Gasteiger partial charge is 0.357 e. The summed E-state index contributed by atoms with van der Waals surface area (Å²) in [6, 6.07) is 4.47. The number of nitrogens with one attached hydrogen (secondary N) is 1. The van der Waals surface area contributed by atoms with E-state index in [1.807, 2.05) is 0 Å². The molecule has 0 aliphatic carbocycles. The standard InChI is InChI=1S/C18H31N3/c1-4-7-16-8-6-10-21(11-9-16)18-13-17(14-19-5-2)12-15(3)20-18/h12-13,16,19H,4-11,14H2,1-3H3. The van der Waals surface area contributed by atoms with Gasteiger partial charge in [0.2, 0.25) is 0 Å². The predicted octanol–water partition coefficient (Wildman–Crippen LogP) is 3.91. The Kier molecular flexibility index (Phi) is 6.50. The summed E-state index contributed by atoms with van der Waals surface area (Å²) in [7, 11) is 0. The van der Waals surface area contributed by atoms with Gasteiger partial charge in [-0.2, -0.15) is 0 Å². The molecule has 0 aromatic carbocycles. The minimum absolute atomic E-state index is 0.922. The molecule has 1 aliphatic rings. The van der Waals surface area contributed by atoms with E-state index in [-0.39, 0.29) is 0 Å². The predicted molar refractivity (Wildman–Crippen MR) is 90.8 cm³/mol. The topological polar surface area (TPSA) is 28.2 Å². The Hall–Kier alpha value is -1.09. The molecule has 0 bridgehead atoms. The molecule has 1 aliphatic heterocycles. The lowest BCUT2D eigenvalue weighted by Crippen LogP contribution is -2.26. The minimum Gasteiger partial charge on any atom is -0.357 e. The smallest absolute Gasteiger partial charge is 0.129 e. The van der Waals surface area contributed by atoms with Crippen LogP contribution in [0.25, 0.3) is 0 Å². The van der Waals surface area contributed by atoms with Gasteiger partial charge in [-0.25, -0.2) is 4.98 Å². The van der Waals surface area contributed by atoms with Crippen LogP contribution in [0.5, 0.6) is 0 Å². The van der Waals surface area contributed by atoms with Gasteiger partial charge in [-0.15, -0.1) is 0 Å². The quantitative estimate of drug-likeness (QED) is 0.860. The maximum absolute atomic E-state index is 4.78. The van der Waals surface area contributed by atoms with E-state index in [1.54, 1.807) is 0 Å². The maximum atomic E-state index is 4.78. The first-order valence-electron chi connectivity index (χ1n) is 8.66. The Morgan fingerprint density at radius 2 is 2.10 bits per heavy atom. The average molecular weight is 289 g/mol. The molecule has 21 heavy (non-hydrogen) atoms. The molecular formula is C18H31N3. The summed E-state index contributed by atoms with van der Waals surface area (Å²) < 4.78 is 0. The summed E-state index contributed by atoms with van der Waals surface area (Å²) in [5, 5.41) is 3.41. The zero-order chi connectivity index (χ0) is 15.1. The lowest BCUT2D eigenvalue weighted by atomic mass is 9.96. The van der Waals surface area contributed by atoms with Crippen molar-refractivity contribution in [1.29, 1.82) is 0 Å². The second kappa shape index (κ2) is 8.38. The second-order valence-corrected chi connectivity index (χ2v) is 6.33. The molecule has 1 N–H and O–H groups in total. The van der Waals surface area contributed by atoms with Crippen LogP contribution in [0.15, 0.2) is 12.1 Å². The van der Waals surface area contributed by atoms with Gasteiger partial charge in [0.25, 0.3) is 0 Å². The molecule has 2 rings (SSSR count). The van der Waals surface area contributed by atoms with Crippen LogP contribution in [-0.4, -0.2) is 24.6 Å². The molecule has 0 amide bonds. The summed E-state index contributed by atoms with van der Waals surface area (Å²) in [4.78, 5) is 7.27. The van der Waals surface area contributed by atoms with Gasteiger partial charge in [0.15, 0.2) is 0 Å². The molecular weight excluding hydrogens is 258 g/mol. The van der Waals surface area contributed by atoms with E-state index >= 15 is 0 Å². The first kappa shape index (κ1) is 16.3. The summed E-state index contributed by atoms with van der Waals surface area (Å²) in [6.45, 7) is 10.9. The highest BCUT2D eigenvalue weighted by atomic mass is 15.2. The fourth-order valence-corrected chi connectivity index (χ4v) is 3.35. The Morgan fingerprint density at radius 1 is 1.24 bits per heavy atom. The molecule has 1 saturated heterocycles. The van der Waals surface area contributed by atoms with Gasteiger partial charge in [-0.3, -0.25) is 0 Å². The van der Waals surface area contributed by atoms with Crippen LogP contribution in [0, 0.1) is 12.8 Å². The van der Waals surface area contributed by atoms with E-state index in [0.717, 1.165) is 31.2 Å². The Morgan fingerprint density at radius 3 is 2.86 bits per heavy atom. The van der Waals surface area contributed by atoms with E-state index in [4.69, 9.17) is 4.98 Å². The average Bonchev–Trinajstić information content (AvgIpc) is 2.71. The van der Waals surface area contributed by atoms with Crippen molar-refractivity contribution in [3.63, 3.8) is 0 Å². The molecule has 2 heterocycles. The lowest BCUT2D eigenvalue weighted by molar-refractivity contribution is 0.435. The van der Waals surface area contributed by atoms with Gasteiger partial charge in [0.05, 0.1) is 0 Å². The molecule has 0 spiro atoms. The highest BCUT2D eigenvalue weighted by molar-refractivity contribution is 5.42. The molecule has 118 valence electrons. The van der Waals surface area contributed by atoms with Crippen molar-refractivity contribution >= 4 is 5.82 Å². The number of rotatable bonds is 6. The monoisotopic (exact) mass is 289 g/mol. The van der Waals surface area contributed by atoms with Crippen LogP contribution < -0.4 is 10.2 Å². The first-order chi connectivity index (χ1) is 10.2. The molecule has 0 saturated carbocycles. The van der Waals surface area contributed by atoms with Crippen LogP contribution >= 0.6 is 0 Å². The van der Waals surface area contributed by atoms with Gasteiger partial charge in [0.1, 0.15) is 5.82 Å². The van der Waals surface area contributed by atoms with Crippen LogP contribution in [0.4, 0.5) is 5.82 Å². The zero-order valence-corrected chi connectivity index (χ0v) is 14.0. The molecule has 0 radical (unpaired) electrons. The number of hydrogen-bond donors (Lipinski definition) is 1. The fourth-order valence-electron chi connectivity index (χ4n) is 3.35. The van der Waals surface area contributed by atoms with E-state index < -0.39 is 0 Å². The van der Waals surface area contributed by atoms with Crippen molar-refractivity contribution in [3.8, 4) is 0 Å². The molecule has 1 atom stereocenters. The number of aromatic nitrogens is 1. The van der Waals surface area contributed by atoms with Crippen LogP contribution in [0.2, 0.25) is 0 Å². The first-order valence-corrected chi connectivity index (χ1v) is 8.66. The highest BCUT2D eigenvalue weighted by Gasteiger charge is 2.17. The second-order valence-electron chi connectivity index (χ2n) is 6.33. The third-order valence-corrected chi connectivity index (χ3v) is 4.45.